The maximum absolute atomic E-state index is 13.6. The van der Waals surface area contributed by atoms with Gasteiger partial charge in [0.25, 0.3) is 0 Å². The zero-order chi connectivity index (χ0) is 11.3. The number of aromatic nitrogens is 1. The highest BCUT2D eigenvalue weighted by atomic mass is 19.2. The summed E-state index contributed by atoms with van der Waals surface area (Å²) in [7, 11) is 0. The summed E-state index contributed by atoms with van der Waals surface area (Å²) >= 11 is 0. The SMILES string of the molecule is Fc1cc2[nH]c3c(c2c(F)c1F)COCC3. The smallest absolute Gasteiger partial charge is 0.195 e. The van der Waals surface area contributed by atoms with E-state index in [1.54, 1.807) is 0 Å². The number of nitrogens with one attached hydrogen (secondary N) is 1. The molecular formula is C11H8F3NO. The second-order valence-corrected chi connectivity index (χ2v) is 3.79. The first-order chi connectivity index (χ1) is 7.68. The third-order valence-electron chi connectivity index (χ3n) is 2.86. The second-order valence-electron chi connectivity index (χ2n) is 3.79. The normalized spacial score (nSPS) is 15.4. The Morgan fingerprint density at radius 1 is 1.19 bits per heavy atom. The Bertz CT molecular complexity index is 576. The summed E-state index contributed by atoms with van der Waals surface area (Å²) < 4.78 is 44.9. The van der Waals surface area contributed by atoms with Gasteiger partial charge in [-0.3, -0.25) is 0 Å². The topological polar surface area (TPSA) is 25.0 Å². The zero-order valence-corrected chi connectivity index (χ0v) is 8.24. The number of aromatic amines is 1. The van der Waals surface area contributed by atoms with Gasteiger partial charge in [0, 0.05) is 29.1 Å². The van der Waals surface area contributed by atoms with Crippen LogP contribution in [0.5, 0.6) is 0 Å². The first-order valence-corrected chi connectivity index (χ1v) is 4.93. The van der Waals surface area contributed by atoms with Crippen LogP contribution in [0.25, 0.3) is 10.9 Å². The molecule has 1 aromatic heterocycles. The van der Waals surface area contributed by atoms with Crippen LogP contribution in [0.1, 0.15) is 11.3 Å². The van der Waals surface area contributed by atoms with Crippen LogP contribution in [0.3, 0.4) is 0 Å². The fourth-order valence-electron chi connectivity index (χ4n) is 2.10. The third kappa shape index (κ3) is 1.18. The van der Waals surface area contributed by atoms with Gasteiger partial charge in [-0.15, -0.1) is 0 Å². The standard InChI is InChI=1S/C11H8F3NO/c12-6-3-8-9(11(14)10(6)13)5-4-16-2-1-7(5)15-8/h3,15H,1-2,4H2. The molecule has 0 amide bonds. The largest absolute Gasteiger partial charge is 0.376 e. The maximum Gasteiger partial charge on any atom is 0.195 e. The second kappa shape index (κ2) is 3.25. The van der Waals surface area contributed by atoms with Crippen molar-refractivity contribution in [3.05, 3.63) is 34.8 Å². The molecule has 1 aromatic carbocycles. The van der Waals surface area contributed by atoms with Crippen LogP contribution >= 0.6 is 0 Å². The van der Waals surface area contributed by atoms with E-state index in [0.717, 1.165) is 11.8 Å². The first-order valence-electron chi connectivity index (χ1n) is 4.93. The number of H-pyrrole nitrogens is 1. The highest BCUT2D eigenvalue weighted by molar-refractivity contribution is 5.85. The summed E-state index contributed by atoms with van der Waals surface area (Å²) in [5.41, 5.74) is 1.68. The van der Waals surface area contributed by atoms with Gasteiger partial charge in [0.05, 0.1) is 18.7 Å². The number of halogens is 3. The zero-order valence-electron chi connectivity index (χ0n) is 8.24. The van der Waals surface area contributed by atoms with Crippen molar-refractivity contribution in [1.29, 1.82) is 0 Å². The van der Waals surface area contributed by atoms with Crippen LogP contribution in [0.15, 0.2) is 6.07 Å². The molecule has 2 aromatic rings. The van der Waals surface area contributed by atoms with Gasteiger partial charge >= 0.3 is 0 Å². The van der Waals surface area contributed by atoms with E-state index in [1.807, 2.05) is 0 Å². The summed E-state index contributed by atoms with van der Waals surface area (Å²) in [6.07, 6.45) is 0.604. The van der Waals surface area contributed by atoms with Crippen LogP contribution in [0.2, 0.25) is 0 Å². The van der Waals surface area contributed by atoms with E-state index in [-0.39, 0.29) is 17.5 Å². The molecule has 0 saturated heterocycles. The molecule has 2 nitrogen and oxygen atoms in total. The van der Waals surface area contributed by atoms with E-state index in [4.69, 9.17) is 4.74 Å². The Balaban J connectivity index is 2.40. The molecule has 84 valence electrons. The van der Waals surface area contributed by atoms with E-state index in [1.165, 1.54) is 0 Å². The Morgan fingerprint density at radius 3 is 2.81 bits per heavy atom. The molecular weight excluding hydrogens is 219 g/mol. The van der Waals surface area contributed by atoms with Crippen LogP contribution < -0.4 is 0 Å². The molecule has 2 heterocycles. The van der Waals surface area contributed by atoms with E-state index in [0.29, 0.717) is 18.6 Å². The van der Waals surface area contributed by atoms with Crippen LogP contribution in [0, 0.1) is 17.5 Å². The van der Waals surface area contributed by atoms with E-state index >= 15 is 0 Å². The quantitative estimate of drug-likeness (QED) is 0.687. The summed E-state index contributed by atoms with van der Waals surface area (Å²) in [6, 6.07) is 0.978. The lowest BCUT2D eigenvalue weighted by molar-refractivity contribution is 0.111. The third-order valence-corrected chi connectivity index (χ3v) is 2.86. The fraction of sp³-hybridized carbons (Fsp3) is 0.273. The van der Waals surface area contributed by atoms with Gasteiger partial charge in [-0.1, -0.05) is 0 Å². The van der Waals surface area contributed by atoms with Gasteiger partial charge in [-0.25, -0.2) is 13.2 Å². The van der Waals surface area contributed by atoms with Gasteiger partial charge in [0.1, 0.15) is 0 Å². The number of rotatable bonds is 0. The predicted octanol–water partition coefficient (Wildman–Crippen LogP) is 2.66. The van der Waals surface area contributed by atoms with Crippen LogP contribution in [0.4, 0.5) is 13.2 Å². The van der Waals surface area contributed by atoms with Gasteiger partial charge in [-0.2, -0.15) is 0 Å². The van der Waals surface area contributed by atoms with Gasteiger partial charge < -0.3 is 9.72 Å². The van der Waals surface area contributed by atoms with Gasteiger partial charge in [0.2, 0.25) is 0 Å². The molecule has 0 aliphatic carbocycles. The monoisotopic (exact) mass is 227 g/mol. The molecule has 0 radical (unpaired) electrons. The predicted molar refractivity (Wildman–Crippen MR) is 51.5 cm³/mol. The van der Waals surface area contributed by atoms with Crippen LogP contribution in [-0.2, 0) is 17.8 Å². The fourth-order valence-corrected chi connectivity index (χ4v) is 2.10. The van der Waals surface area contributed by atoms with Crippen LogP contribution in [-0.4, -0.2) is 11.6 Å². The Hall–Kier alpha value is -1.49. The first kappa shape index (κ1) is 9.72. The summed E-state index contributed by atoms with van der Waals surface area (Å²) in [5, 5.41) is 0.105. The average Bonchev–Trinajstić information content (AvgIpc) is 2.64. The Labute approximate surface area is 89.0 Å². The van der Waals surface area contributed by atoms with Gasteiger partial charge in [0.15, 0.2) is 17.5 Å². The number of fused-ring (bicyclic) bond motifs is 3. The lowest BCUT2D eigenvalue weighted by Crippen LogP contribution is -2.08. The molecule has 0 unspecified atom stereocenters. The molecule has 0 bridgehead atoms. The number of ether oxygens (including phenoxy) is 1. The molecule has 0 saturated carbocycles. The maximum atomic E-state index is 13.6. The van der Waals surface area contributed by atoms with E-state index in [2.05, 4.69) is 4.98 Å². The minimum atomic E-state index is -1.43. The molecule has 0 fully saturated rings. The molecule has 5 heteroatoms. The minimum absolute atomic E-state index is 0.105. The lowest BCUT2D eigenvalue weighted by Gasteiger charge is -2.11. The van der Waals surface area contributed by atoms with E-state index in [9.17, 15) is 13.2 Å². The lowest BCUT2D eigenvalue weighted by atomic mass is 10.1. The average molecular weight is 227 g/mol. The van der Waals surface area contributed by atoms with Crippen molar-refractivity contribution in [2.24, 2.45) is 0 Å². The molecule has 0 atom stereocenters. The highest BCUT2D eigenvalue weighted by Gasteiger charge is 2.22. The van der Waals surface area contributed by atoms with Gasteiger partial charge in [-0.05, 0) is 0 Å². The van der Waals surface area contributed by atoms with E-state index < -0.39 is 17.5 Å². The molecule has 0 spiro atoms. The molecule has 1 N–H and O–H groups in total. The Morgan fingerprint density at radius 2 is 2.00 bits per heavy atom. The van der Waals surface area contributed by atoms with Crippen molar-refractivity contribution in [2.45, 2.75) is 13.0 Å². The van der Waals surface area contributed by atoms with Crippen molar-refractivity contribution < 1.29 is 17.9 Å². The molecule has 1 aliphatic heterocycles. The molecule has 16 heavy (non-hydrogen) atoms. The number of hydrogen-bond donors (Lipinski definition) is 1. The van der Waals surface area contributed by atoms with Crippen molar-refractivity contribution >= 4 is 10.9 Å². The molecule has 3 rings (SSSR count). The summed E-state index contributed by atoms with van der Waals surface area (Å²) in [6.45, 7) is 0.768. The Kier molecular flexibility index (Phi) is 1.97. The summed E-state index contributed by atoms with van der Waals surface area (Å²) in [5.74, 6) is -3.75. The van der Waals surface area contributed by atoms with Crippen molar-refractivity contribution in [3.63, 3.8) is 0 Å². The molecule has 1 aliphatic rings. The number of hydrogen-bond acceptors (Lipinski definition) is 1. The minimum Gasteiger partial charge on any atom is -0.376 e. The van der Waals surface area contributed by atoms with Crippen molar-refractivity contribution in [3.8, 4) is 0 Å². The highest BCUT2D eigenvalue weighted by Crippen LogP contribution is 2.30. The van der Waals surface area contributed by atoms with Crippen molar-refractivity contribution in [1.82, 2.24) is 4.98 Å². The summed E-state index contributed by atoms with van der Waals surface area (Å²) in [4.78, 5) is 2.90. The number of benzene rings is 1. The van der Waals surface area contributed by atoms with Crippen molar-refractivity contribution in [2.75, 3.05) is 6.61 Å².